The average Bonchev–Trinajstić information content (AvgIpc) is 3.86. The maximum absolute atomic E-state index is 5.80. The Hall–Kier alpha value is -6.56. The predicted octanol–water partition coefficient (Wildman–Crippen LogP) is 6.90. The van der Waals surface area contributed by atoms with Crippen LogP contribution >= 0.6 is 0 Å². The van der Waals surface area contributed by atoms with Gasteiger partial charge in [-0.05, 0) is 24.3 Å². The van der Waals surface area contributed by atoms with Crippen LogP contribution in [0.2, 0.25) is 0 Å². The molecule has 0 saturated heterocycles. The van der Waals surface area contributed by atoms with Gasteiger partial charge in [0.15, 0.2) is 23.3 Å². The molecule has 2 aliphatic rings. The van der Waals surface area contributed by atoms with E-state index in [4.69, 9.17) is 48.9 Å². The van der Waals surface area contributed by atoms with Crippen LogP contribution in [0.25, 0.3) is 89.7 Å². The molecule has 2 aliphatic heterocycles. The van der Waals surface area contributed by atoms with Crippen molar-refractivity contribution >= 4 is 44.1 Å². The molecule has 0 unspecified atom stereocenters. The molecule has 234 valence electrons. The van der Waals surface area contributed by atoms with E-state index in [1.165, 1.54) is 0 Å². The summed E-state index contributed by atoms with van der Waals surface area (Å²) >= 11 is 0. The van der Waals surface area contributed by atoms with Crippen LogP contribution in [0.1, 0.15) is 0 Å². The predicted molar refractivity (Wildman–Crippen MR) is 182 cm³/mol. The van der Waals surface area contributed by atoms with Crippen LogP contribution in [0.15, 0.2) is 72.8 Å². The van der Waals surface area contributed by atoms with Gasteiger partial charge in [0.05, 0.1) is 50.3 Å². The topological polar surface area (TPSA) is 146 Å². The quantitative estimate of drug-likeness (QED) is 0.210. The summed E-state index contributed by atoms with van der Waals surface area (Å²) in [5, 5.41) is 3.09. The van der Waals surface area contributed by atoms with Crippen LogP contribution in [0.5, 0.6) is 23.0 Å². The Morgan fingerprint density at radius 2 is 0.771 bits per heavy atom. The molecule has 12 nitrogen and oxygen atoms in total. The average molecular weight is 635 g/mol. The fourth-order valence-corrected chi connectivity index (χ4v) is 6.54. The molecule has 2 N–H and O–H groups in total. The van der Waals surface area contributed by atoms with E-state index < -0.39 is 0 Å². The minimum absolute atomic E-state index is 0.433. The van der Waals surface area contributed by atoms with Crippen molar-refractivity contribution in [3.63, 3.8) is 0 Å². The third-order valence-corrected chi connectivity index (χ3v) is 8.67. The van der Waals surface area contributed by atoms with Crippen molar-refractivity contribution in [1.82, 2.24) is 39.9 Å². The lowest BCUT2D eigenvalue weighted by atomic mass is 10.1. The van der Waals surface area contributed by atoms with Crippen LogP contribution in [0.3, 0.4) is 0 Å². The van der Waals surface area contributed by atoms with E-state index in [-0.39, 0.29) is 0 Å². The summed E-state index contributed by atoms with van der Waals surface area (Å²) in [6, 6.07) is 23.0. The number of aromatic amines is 2. The molecule has 3 aromatic heterocycles. The molecule has 8 bridgehead atoms. The Balaban J connectivity index is 1.53. The van der Waals surface area contributed by atoms with Crippen molar-refractivity contribution in [2.24, 2.45) is 0 Å². The highest BCUT2D eigenvalue weighted by Crippen LogP contribution is 2.43. The first-order valence-corrected chi connectivity index (χ1v) is 15.1. The first-order chi connectivity index (χ1) is 23.6. The molecule has 0 amide bonds. The molecule has 0 aliphatic carbocycles. The van der Waals surface area contributed by atoms with Crippen LogP contribution in [-0.4, -0.2) is 68.3 Å². The smallest absolute Gasteiger partial charge is 0.168 e. The Labute approximate surface area is 272 Å². The second-order valence-electron chi connectivity index (χ2n) is 11.1. The van der Waals surface area contributed by atoms with Gasteiger partial charge in [-0.3, -0.25) is 0 Å². The van der Waals surface area contributed by atoms with E-state index in [0.717, 1.165) is 43.8 Å². The van der Waals surface area contributed by atoms with Crippen LogP contribution in [0, 0.1) is 0 Å². The first-order valence-electron chi connectivity index (χ1n) is 15.1. The number of hydrogen-bond acceptors (Lipinski definition) is 10. The number of nitrogens with zero attached hydrogens (tertiary/aromatic N) is 6. The molecule has 0 spiro atoms. The van der Waals surface area contributed by atoms with Gasteiger partial charge in [-0.15, -0.1) is 0 Å². The largest absolute Gasteiger partial charge is 0.496 e. The molecule has 0 saturated carbocycles. The summed E-state index contributed by atoms with van der Waals surface area (Å²) in [5.74, 6) is 4.28. The third-order valence-electron chi connectivity index (χ3n) is 8.67. The zero-order valence-electron chi connectivity index (χ0n) is 26.2. The molecule has 48 heavy (non-hydrogen) atoms. The minimum Gasteiger partial charge on any atom is -0.496 e. The van der Waals surface area contributed by atoms with E-state index in [2.05, 4.69) is 9.97 Å². The van der Waals surface area contributed by atoms with Gasteiger partial charge in [0, 0.05) is 21.9 Å². The van der Waals surface area contributed by atoms with E-state index in [1.54, 1.807) is 28.4 Å². The monoisotopic (exact) mass is 634 g/mol. The number of rotatable bonds is 4. The number of aromatic nitrogens is 8. The number of methoxy groups -OCH3 is 4. The minimum atomic E-state index is 0.433. The van der Waals surface area contributed by atoms with Crippen molar-refractivity contribution in [2.45, 2.75) is 0 Å². The molecule has 5 heterocycles. The van der Waals surface area contributed by atoms with Crippen molar-refractivity contribution < 1.29 is 18.9 Å². The van der Waals surface area contributed by atoms with Crippen molar-refractivity contribution in [2.75, 3.05) is 28.4 Å². The fraction of sp³-hybridized carbons (Fsp3) is 0.111. The van der Waals surface area contributed by atoms with Gasteiger partial charge in [0.1, 0.15) is 45.6 Å². The molecule has 12 heteroatoms. The summed E-state index contributed by atoms with van der Waals surface area (Å²) in [6.07, 6.45) is 0. The van der Waals surface area contributed by atoms with Gasteiger partial charge >= 0.3 is 0 Å². The van der Waals surface area contributed by atoms with Gasteiger partial charge < -0.3 is 28.9 Å². The lowest BCUT2D eigenvalue weighted by Gasteiger charge is -2.05. The molecular weight excluding hydrogens is 608 g/mol. The Morgan fingerprint density at radius 1 is 0.396 bits per heavy atom. The van der Waals surface area contributed by atoms with Gasteiger partial charge in [-0.2, -0.15) is 0 Å². The Kier molecular flexibility index (Phi) is 6.06. The fourth-order valence-electron chi connectivity index (χ4n) is 6.54. The number of hydrogen-bond donors (Lipinski definition) is 2. The Morgan fingerprint density at radius 3 is 1.19 bits per heavy atom. The zero-order valence-corrected chi connectivity index (χ0v) is 26.2. The maximum atomic E-state index is 5.80. The van der Waals surface area contributed by atoms with Crippen molar-refractivity contribution in [3.8, 4) is 68.5 Å². The van der Waals surface area contributed by atoms with Crippen molar-refractivity contribution in [1.29, 1.82) is 0 Å². The SMILES string of the molecule is COc1cccc2c1-c1nc-2nc2[nH]c(nc3nc(nc4[nH]c(n1)c1cccc(OC)c41)-c1cccc(OC)c1-3)c1cccc(OC)c21. The maximum Gasteiger partial charge on any atom is 0.168 e. The summed E-state index contributed by atoms with van der Waals surface area (Å²) in [5.41, 5.74) is 5.10. The number of ether oxygens (including phenoxy) is 4. The van der Waals surface area contributed by atoms with E-state index in [9.17, 15) is 0 Å². The summed E-state index contributed by atoms with van der Waals surface area (Å²) in [6.45, 7) is 0. The highest BCUT2D eigenvalue weighted by atomic mass is 16.5. The van der Waals surface area contributed by atoms with E-state index in [0.29, 0.717) is 68.9 Å². The van der Waals surface area contributed by atoms with Crippen LogP contribution in [-0.2, 0) is 0 Å². The second kappa shape index (κ2) is 10.5. The second-order valence-corrected chi connectivity index (χ2v) is 11.1. The normalized spacial score (nSPS) is 11.8. The van der Waals surface area contributed by atoms with E-state index in [1.807, 2.05) is 72.8 Å². The van der Waals surface area contributed by atoms with Gasteiger partial charge in [-0.25, -0.2) is 29.9 Å². The lowest BCUT2D eigenvalue weighted by molar-refractivity contribution is 0.416. The number of H-pyrrole nitrogens is 2. The van der Waals surface area contributed by atoms with E-state index >= 15 is 0 Å². The summed E-state index contributed by atoms with van der Waals surface area (Å²) in [7, 11) is 6.51. The van der Waals surface area contributed by atoms with Crippen LogP contribution < -0.4 is 18.9 Å². The zero-order chi connectivity index (χ0) is 32.5. The third kappa shape index (κ3) is 3.95. The molecule has 0 atom stereocenters. The first kappa shape index (κ1) is 27.7. The molecule has 4 aromatic carbocycles. The summed E-state index contributed by atoms with van der Waals surface area (Å²) in [4.78, 5) is 37.1. The standard InChI is InChI=1S/C36H26N8O4/c1-45-21-13-5-9-17-25(21)33-37-29(17)42-34-27-19(11-7-15-23(27)47-3)31(39-34)44-36-28-20(12-8-16-24(28)48-4)32(40-36)43-35-26-18(30(38-35)41-33)10-6-14-22(26)46-2/h5-16H,1-4H3,(H2,37,38,39,40,41,42,43,44). The molecule has 9 rings (SSSR count). The molecule has 0 fully saturated rings. The molecular formula is C36H26N8O4. The number of benzene rings is 4. The molecule has 7 aromatic rings. The van der Waals surface area contributed by atoms with Gasteiger partial charge in [0.25, 0.3) is 0 Å². The van der Waals surface area contributed by atoms with Crippen LogP contribution in [0.4, 0.5) is 0 Å². The number of fused-ring (bicyclic) bond motifs is 20. The lowest BCUT2D eigenvalue weighted by Crippen LogP contribution is -1.89. The van der Waals surface area contributed by atoms with Gasteiger partial charge in [-0.1, -0.05) is 48.5 Å². The highest BCUT2D eigenvalue weighted by molar-refractivity contribution is 6.10. The summed E-state index contributed by atoms with van der Waals surface area (Å²) < 4.78 is 23.2. The Bertz CT molecular complexity index is 2460. The number of nitrogens with one attached hydrogen (secondary N) is 2. The van der Waals surface area contributed by atoms with Gasteiger partial charge in [0.2, 0.25) is 0 Å². The van der Waals surface area contributed by atoms with Crippen molar-refractivity contribution in [3.05, 3.63) is 72.8 Å². The molecule has 0 radical (unpaired) electrons. The highest BCUT2D eigenvalue weighted by Gasteiger charge is 2.26.